The molecule has 0 saturated carbocycles. The number of benzene rings is 3. The number of nitrogens with zero attached hydrogens (tertiary/aromatic N) is 2. The number of aliphatic carboxylic acids is 1. The molecule has 1 aliphatic rings. The average Bonchev–Trinajstić information content (AvgIpc) is 2.89. The first kappa shape index (κ1) is 29.2. The second-order valence-corrected chi connectivity index (χ2v) is 10.6. The van der Waals surface area contributed by atoms with Crippen molar-refractivity contribution in [3.05, 3.63) is 100 Å². The van der Waals surface area contributed by atoms with Crippen molar-refractivity contribution in [1.29, 1.82) is 0 Å². The number of carbonyl (C=O) groups excluding carboxylic acids is 1. The van der Waals surface area contributed by atoms with Crippen molar-refractivity contribution in [2.75, 3.05) is 39.5 Å². The molecule has 7 nitrogen and oxygen atoms in total. The van der Waals surface area contributed by atoms with E-state index in [9.17, 15) is 19.1 Å². The molecule has 1 N–H and O–H groups in total. The molecule has 2 bridgehead atoms. The predicted molar refractivity (Wildman–Crippen MR) is 151 cm³/mol. The van der Waals surface area contributed by atoms with Crippen LogP contribution in [0.25, 0.3) is 0 Å². The number of carboxylic acids is 1. The first-order valence-electron chi connectivity index (χ1n) is 13.7. The Labute approximate surface area is 235 Å². The fraction of sp³-hybridized carbons (Fsp3) is 0.375. The molecule has 1 amide bonds. The van der Waals surface area contributed by atoms with Crippen LogP contribution in [0.4, 0.5) is 4.39 Å². The SMILES string of the molecule is CC(C)CN1CCOCCOc2ccc(C(=O)N(CC(=O)O)Cc3cccc(F)c3)cc2Cc2cccc(c2)C1. The summed E-state index contributed by atoms with van der Waals surface area (Å²) in [6.07, 6.45) is 0.540. The van der Waals surface area contributed by atoms with Gasteiger partial charge in [-0.15, -0.1) is 0 Å². The van der Waals surface area contributed by atoms with Gasteiger partial charge in [-0.1, -0.05) is 50.2 Å². The lowest BCUT2D eigenvalue weighted by Gasteiger charge is -2.25. The zero-order chi connectivity index (χ0) is 28.5. The van der Waals surface area contributed by atoms with E-state index >= 15 is 0 Å². The minimum atomic E-state index is -1.14. The number of amides is 1. The molecular formula is C32H37FN2O5. The Bertz CT molecular complexity index is 1310. The fourth-order valence-electron chi connectivity index (χ4n) is 4.97. The Morgan fingerprint density at radius 2 is 1.80 bits per heavy atom. The highest BCUT2D eigenvalue weighted by Crippen LogP contribution is 2.26. The summed E-state index contributed by atoms with van der Waals surface area (Å²) in [7, 11) is 0. The summed E-state index contributed by atoms with van der Waals surface area (Å²) in [4.78, 5) is 28.7. The van der Waals surface area contributed by atoms with E-state index in [2.05, 4.69) is 36.9 Å². The van der Waals surface area contributed by atoms with Gasteiger partial charge in [-0.05, 0) is 58.5 Å². The molecule has 0 radical (unpaired) electrons. The van der Waals surface area contributed by atoms with Crippen LogP contribution in [0.15, 0.2) is 66.7 Å². The minimum Gasteiger partial charge on any atom is -0.491 e. The van der Waals surface area contributed by atoms with Gasteiger partial charge < -0.3 is 19.5 Å². The van der Waals surface area contributed by atoms with E-state index in [1.807, 2.05) is 6.07 Å². The zero-order valence-electron chi connectivity index (χ0n) is 23.1. The van der Waals surface area contributed by atoms with Gasteiger partial charge in [0.25, 0.3) is 5.91 Å². The van der Waals surface area contributed by atoms with Gasteiger partial charge in [0.1, 0.15) is 24.7 Å². The third-order valence-corrected chi connectivity index (χ3v) is 6.64. The quantitative estimate of drug-likeness (QED) is 0.447. The Hall–Kier alpha value is -3.75. The number of carbonyl (C=O) groups is 2. The number of ether oxygens (including phenoxy) is 2. The van der Waals surface area contributed by atoms with Crippen molar-refractivity contribution in [3.63, 3.8) is 0 Å². The average molecular weight is 549 g/mol. The normalized spacial score (nSPS) is 14.6. The van der Waals surface area contributed by atoms with Crippen molar-refractivity contribution in [1.82, 2.24) is 9.80 Å². The molecule has 0 spiro atoms. The lowest BCUT2D eigenvalue weighted by molar-refractivity contribution is -0.137. The molecule has 0 aliphatic carbocycles. The third kappa shape index (κ3) is 8.63. The van der Waals surface area contributed by atoms with Crippen LogP contribution in [0, 0.1) is 11.7 Å². The summed E-state index contributed by atoms with van der Waals surface area (Å²) in [5, 5.41) is 9.46. The maximum atomic E-state index is 13.7. The van der Waals surface area contributed by atoms with Crippen LogP contribution < -0.4 is 4.74 Å². The van der Waals surface area contributed by atoms with E-state index in [0.29, 0.717) is 49.0 Å². The number of rotatable bonds is 7. The highest BCUT2D eigenvalue weighted by atomic mass is 19.1. The Balaban J connectivity index is 1.62. The summed E-state index contributed by atoms with van der Waals surface area (Å²) >= 11 is 0. The molecule has 0 saturated heterocycles. The van der Waals surface area contributed by atoms with Gasteiger partial charge in [-0.2, -0.15) is 0 Å². The van der Waals surface area contributed by atoms with Gasteiger partial charge in [-0.25, -0.2) is 4.39 Å². The monoisotopic (exact) mass is 548 g/mol. The molecule has 0 unspecified atom stereocenters. The number of hydrogen-bond acceptors (Lipinski definition) is 5. The molecule has 0 aromatic heterocycles. The number of halogens is 1. The predicted octanol–water partition coefficient (Wildman–Crippen LogP) is 5.01. The molecule has 3 aromatic carbocycles. The van der Waals surface area contributed by atoms with E-state index in [1.165, 1.54) is 28.7 Å². The summed E-state index contributed by atoms with van der Waals surface area (Å²) in [6.45, 7) is 7.95. The topological polar surface area (TPSA) is 79.3 Å². The first-order chi connectivity index (χ1) is 19.3. The summed E-state index contributed by atoms with van der Waals surface area (Å²) in [5.74, 6) is -0.846. The molecule has 8 heteroatoms. The lowest BCUT2D eigenvalue weighted by atomic mass is 9.99. The summed E-state index contributed by atoms with van der Waals surface area (Å²) in [6, 6.07) is 19.4. The van der Waals surface area contributed by atoms with Crippen LogP contribution in [0.3, 0.4) is 0 Å². The van der Waals surface area contributed by atoms with E-state index in [0.717, 1.165) is 30.8 Å². The second kappa shape index (κ2) is 14.1. The third-order valence-electron chi connectivity index (χ3n) is 6.64. The molecule has 40 heavy (non-hydrogen) atoms. The van der Waals surface area contributed by atoms with Gasteiger partial charge in [0.05, 0.1) is 13.2 Å². The van der Waals surface area contributed by atoms with Gasteiger partial charge in [-0.3, -0.25) is 14.5 Å². The van der Waals surface area contributed by atoms with Crippen molar-refractivity contribution < 1.29 is 28.6 Å². The maximum absolute atomic E-state index is 13.7. The summed E-state index contributed by atoms with van der Waals surface area (Å²) in [5.41, 5.74) is 3.97. The molecule has 1 aliphatic heterocycles. The molecule has 3 aromatic rings. The highest BCUT2D eigenvalue weighted by Gasteiger charge is 2.21. The number of fused-ring (bicyclic) bond motifs is 3. The van der Waals surface area contributed by atoms with Crippen LogP contribution in [0.2, 0.25) is 0 Å². The molecule has 212 valence electrons. The van der Waals surface area contributed by atoms with Crippen LogP contribution >= 0.6 is 0 Å². The van der Waals surface area contributed by atoms with Crippen LogP contribution in [-0.2, 0) is 29.0 Å². The fourth-order valence-corrected chi connectivity index (χ4v) is 4.97. The lowest BCUT2D eigenvalue weighted by Crippen LogP contribution is -2.35. The van der Waals surface area contributed by atoms with Crippen LogP contribution in [0.1, 0.15) is 46.5 Å². The van der Waals surface area contributed by atoms with Crippen molar-refractivity contribution in [2.45, 2.75) is 33.4 Å². The standard InChI is InChI=1S/C32H37FN2O5/c1-23(2)19-34-11-12-39-13-14-40-30-10-9-27(18-28(30)16-24-5-3-6-25(15-24)20-34)32(38)35(22-31(36)37)21-26-7-4-8-29(33)17-26/h3-10,15,17-18,23H,11-14,16,19-22H2,1-2H3,(H,36,37). The van der Waals surface area contributed by atoms with E-state index in [-0.39, 0.29) is 6.54 Å². The number of hydrogen-bond donors (Lipinski definition) is 1. The minimum absolute atomic E-state index is 0.0251. The second-order valence-electron chi connectivity index (χ2n) is 10.6. The Kier molecular flexibility index (Phi) is 10.3. The van der Waals surface area contributed by atoms with E-state index in [4.69, 9.17) is 9.47 Å². The van der Waals surface area contributed by atoms with Crippen LogP contribution in [-0.4, -0.2) is 66.2 Å². The Morgan fingerprint density at radius 3 is 2.58 bits per heavy atom. The van der Waals surface area contributed by atoms with Crippen LogP contribution in [0.5, 0.6) is 5.75 Å². The van der Waals surface area contributed by atoms with Gasteiger partial charge >= 0.3 is 5.97 Å². The number of carboxylic acid groups (broad SMARTS) is 1. The van der Waals surface area contributed by atoms with Gasteiger partial charge in [0.2, 0.25) is 0 Å². The molecular weight excluding hydrogens is 511 g/mol. The molecule has 0 fully saturated rings. The highest BCUT2D eigenvalue weighted by molar-refractivity contribution is 5.96. The molecule has 0 atom stereocenters. The maximum Gasteiger partial charge on any atom is 0.323 e. The van der Waals surface area contributed by atoms with E-state index in [1.54, 1.807) is 24.3 Å². The first-order valence-corrected chi connectivity index (χ1v) is 13.7. The largest absolute Gasteiger partial charge is 0.491 e. The molecule has 4 rings (SSSR count). The van der Waals surface area contributed by atoms with Crippen molar-refractivity contribution in [2.24, 2.45) is 5.92 Å². The summed E-state index contributed by atoms with van der Waals surface area (Å²) < 4.78 is 25.7. The van der Waals surface area contributed by atoms with Crippen molar-refractivity contribution in [3.8, 4) is 5.75 Å². The van der Waals surface area contributed by atoms with Crippen molar-refractivity contribution >= 4 is 11.9 Å². The van der Waals surface area contributed by atoms with E-state index < -0.39 is 24.2 Å². The van der Waals surface area contributed by atoms with Gasteiger partial charge in [0.15, 0.2) is 0 Å². The van der Waals surface area contributed by atoms with Gasteiger partial charge in [0, 0.05) is 38.2 Å². The Morgan fingerprint density at radius 1 is 1.00 bits per heavy atom. The smallest absolute Gasteiger partial charge is 0.323 e. The molecule has 1 heterocycles. The zero-order valence-corrected chi connectivity index (χ0v) is 23.1.